The quantitative estimate of drug-likeness (QED) is 0.423. The Bertz CT molecular complexity index is 766. The van der Waals surface area contributed by atoms with Crippen LogP contribution in [0.3, 0.4) is 0 Å². The number of methoxy groups -OCH3 is 1. The van der Waals surface area contributed by atoms with Crippen molar-refractivity contribution in [1.82, 2.24) is 14.5 Å². The van der Waals surface area contributed by atoms with Gasteiger partial charge in [-0.05, 0) is 112 Å². The van der Waals surface area contributed by atoms with Gasteiger partial charge in [-0.15, -0.1) is 0 Å². The Morgan fingerprint density at radius 1 is 0.871 bits per heavy atom. The molecule has 0 bridgehead atoms. The zero-order valence-electron chi connectivity index (χ0n) is 18.9. The highest BCUT2D eigenvalue weighted by Gasteiger charge is 2.25. The third-order valence-electron chi connectivity index (χ3n) is 6.69. The maximum absolute atomic E-state index is 5.24. The summed E-state index contributed by atoms with van der Waals surface area (Å²) in [5.41, 5.74) is 2.45. The molecule has 168 valence electrons. The van der Waals surface area contributed by atoms with E-state index in [4.69, 9.17) is 4.74 Å². The molecule has 1 N–H and O–H groups in total. The van der Waals surface area contributed by atoms with Crippen LogP contribution in [0.15, 0.2) is 53.4 Å². The maximum Gasteiger partial charge on any atom is 0.118 e. The average molecular weight is 440 g/mol. The van der Waals surface area contributed by atoms with E-state index in [2.05, 4.69) is 50.9 Å². The minimum absolute atomic E-state index is 0.853. The fraction of sp³-hybridized carbons (Fsp3) is 0.538. The molecule has 31 heavy (non-hydrogen) atoms. The Labute approximate surface area is 192 Å². The number of piperidine rings is 2. The maximum atomic E-state index is 5.24. The van der Waals surface area contributed by atoms with E-state index in [1.807, 2.05) is 12.1 Å². The van der Waals surface area contributed by atoms with Gasteiger partial charge in [0.05, 0.1) is 7.11 Å². The SMILES string of the molecule is COc1ccc(-c2ccc(SNCCCN3CCC(N4CCCCC4)CC3)cc2)cc1. The number of likely N-dealkylation sites (tertiary alicyclic amines) is 2. The van der Waals surface area contributed by atoms with Crippen molar-refractivity contribution in [2.75, 3.05) is 46.4 Å². The molecule has 0 aromatic heterocycles. The van der Waals surface area contributed by atoms with Crippen molar-refractivity contribution in [1.29, 1.82) is 0 Å². The highest BCUT2D eigenvalue weighted by Crippen LogP contribution is 2.25. The van der Waals surface area contributed by atoms with Gasteiger partial charge in [0.2, 0.25) is 0 Å². The lowest BCUT2D eigenvalue weighted by Crippen LogP contribution is -2.46. The molecule has 0 spiro atoms. The minimum Gasteiger partial charge on any atom is -0.497 e. The van der Waals surface area contributed by atoms with Crippen molar-refractivity contribution in [3.05, 3.63) is 48.5 Å². The lowest BCUT2D eigenvalue weighted by Gasteiger charge is -2.40. The van der Waals surface area contributed by atoms with Crippen molar-refractivity contribution in [2.45, 2.75) is 49.5 Å². The number of hydrogen-bond acceptors (Lipinski definition) is 5. The van der Waals surface area contributed by atoms with Gasteiger partial charge in [0, 0.05) is 17.5 Å². The molecule has 0 saturated carbocycles. The molecule has 0 aliphatic carbocycles. The normalized spacial score (nSPS) is 18.9. The smallest absolute Gasteiger partial charge is 0.118 e. The van der Waals surface area contributed by atoms with Gasteiger partial charge >= 0.3 is 0 Å². The summed E-state index contributed by atoms with van der Waals surface area (Å²) < 4.78 is 8.78. The van der Waals surface area contributed by atoms with Crippen molar-refractivity contribution >= 4 is 11.9 Å². The van der Waals surface area contributed by atoms with Crippen LogP contribution < -0.4 is 9.46 Å². The Balaban J connectivity index is 1.11. The van der Waals surface area contributed by atoms with E-state index in [1.54, 1.807) is 19.1 Å². The molecule has 0 radical (unpaired) electrons. The second-order valence-corrected chi connectivity index (χ2v) is 9.74. The van der Waals surface area contributed by atoms with Gasteiger partial charge in [-0.25, -0.2) is 0 Å². The molecule has 4 nitrogen and oxygen atoms in total. The van der Waals surface area contributed by atoms with Gasteiger partial charge in [-0.1, -0.05) is 30.7 Å². The monoisotopic (exact) mass is 439 g/mol. The fourth-order valence-corrected chi connectivity index (χ4v) is 5.48. The van der Waals surface area contributed by atoms with Crippen molar-refractivity contribution in [2.24, 2.45) is 0 Å². The summed E-state index contributed by atoms with van der Waals surface area (Å²) >= 11 is 1.74. The van der Waals surface area contributed by atoms with Crippen molar-refractivity contribution in [3.8, 4) is 16.9 Å². The van der Waals surface area contributed by atoms with Gasteiger partial charge in [-0.2, -0.15) is 0 Å². The fourth-order valence-electron chi connectivity index (χ4n) is 4.80. The summed E-state index contributed by atoms with van der Waals surface area (Å²) in [6, 6.07) is 17.9. The van der Waals surface area contributed by atoms with E-state index in [1.165, 1.54) is 87.3 Å². The lowest BCUT2D eigenvalue weighted by atomic mass is 10.00. The summed E-state index contributed by atoms with van der Waals surface area (Å²) in [6.45, 7) is 7.51. The highest BCUT2D eigenvalue weighted by atomic mass is 32.2. The van der Waals surface area contributed by atoms with Crippen molar-refractivity contribution in [3.63, 3.8) is 0 Å². The van der Waals surface area contributed by atoms with E-state index in [-0.39, 0.29) is 0 Å². The molecular formula is C26H37N3OS. The van der Waals surface area contributed by atoms with Gasteiger partial charge in [-0.3, -0.25) is 4.72 Å². The third kappa shape index (κ3) is 6.72. The predicted octanol–water partition coefficient (Wildman–Crippen LogP) is 5.30. The minimum atomic E-state index is 0.853. The molecule has 5 heteroatoms. The largest absolute Gasteiger partial charge is 0.497 e. The van der Waals surface area contributed by atoms with E-state index < -0.39 is 0 Å². The summed E-state index contributed by atoms with van der Waals surface area (Å²) in [7, 11) is 1.70. The molecule has 2 saturated heterocycles. The van der Waals surface area contributed by atoms with E-state index in [0.717, 1.165) is 18.3 Å². The third-order valence-corrected chi connectivity index (χ3v) is 7.54. The molecule has 2 aliphatic heterocycles. The summed E-state index contributed by atoms with van der Waals surface area (Å²) in [5, 5.41) is 0. The molecule has 0 amide bonds. The molecule has 2 aliphatic rings. The summed E-state index contributed by atoms with van der Waals surface area (Å²) in [6.07, 6.45) is 8.20. The van der Waals surface area contributed by atoms with Crippen LogP contribution in [0.1, 0.15) is 38.5 Å². The number of ether oxygens (including phenoxy) is 1. The highest BCUT2D eigenvalue weighted by molar-refractivity contribution is 7.97. The Morgan fingerprint density at radius 2 is 1.52 bits per heavy atom. The number of benzene rings is 2. The van der Waals surface area contributed by atoms with Crippen LogP contribution in [0.25, 0.3) is 11.1 Å². The first-order valence-corrected chi connectivity index (χ1v) is 12.7. The molecule has 2 aromatic rings. The first-order valence-electron chi connectivity index (χ1n) is 11.9. The van der Waals surface area contributed by atoms with Crippen LogP contribution in [0.2, 0.25) is 0 Å². The zero-order chi connectivity index (χ0) is 21.3. The van der Waals surface area contributed by atoms with Crippen LogP contribution in [-0.4, -0.2) is 62.2 Å². The molecule has 0 atom stereocenters. The topological polar surface area (TPSA) is 27.7 Å². The van der Waals surface area contributed by atoms with E-state index in [0.29, 0.717) is 0 Å². The first kappa shape index (κ1) is 22.7. The molecule has 2 aromatic carbocycles. The van der Waals surface area contributed by atoms with Gasteiger partial charge in [0.15, 0.2) is 0 Å². The first-order chi connectivity index (χ1) is 15.3. The zero-order valence-corrected chi connectivity index (χ0v) is 19.7. The second kappa shape index (κ2) is 11.9. The Hall–Kier alpha value is -1.53. The molecule has 2 heterocycles. The number of nitrogens with one attached hydrogen (secondary N) is 1. The average Bonchev–Trinajstić information content (AvgIpc) is 2.85. The van der Waals surface area contributed by atoms with E-state index >= 15 is 0 Å². The predicted molar refractivity (Wildman–Crippen MR) is 132 cm³/mol. The Morgan fingerprint density at radius 3 is 2.16 bits per heavy atom. The van der Waals surface area contributed by atoms with Gasteiger partial charge < -0.3 is 14.5 Å². The molecular weight excluding hydrogens is 402 g/mol. The molecule has 2 fully saturated rings. The van der Waals surface area contributed by atoms with Gasteiger partial charge in [0.25, 0.3) is 0 Å². The number of nitrogens with zero attached hydrogens (tertiary/aromatic N) is 2. The van der Waals surface area contributed by atoms with Crippen LogP contribution >= 0.6 is 11.9 Å². The standard InChI is InChI=1S/C26H37N3OS/c1-30-25-10-6-22(7-11-25)23-8-12-26(13-9-23)31-27-16-5-17-28-20-14-24(15-21-28)29-18-3-2-4-19-29/h6-13,24,27H,2-5,14-21H2,1H3. The summed E-state index contributed by atoms with van der Waals surface area (Å²) in [4.78, 5) is 6.69. The summed E-state index contributed by atoms with van der Waals surface area (Å²) in [5.74, 6) is 0.895. The van der Waals surface area contributed by atoms with Crippen LogP contribution in [0.5, 0.6) is 5.75 Å². The number of hydrogen-bond donors (Lipinski definition) is 1. The molecule has 0 unspecified atom stereocenters. The van der Waals surface area contributed by atoms with E-state index in [9.17, 15) is 0 Å². The second-order valence-electron chi connectivity index (χ2n) is 8.77. The van der Waals surface area contributed by atoms with Gasteiger partial charge in [0.1, 0.15) is 5.75 Å². The van der Waals surface area contributed by atoms with Crippen LogP contribution in [0, 0.1) is 0 Å². The van der Waals surface area contributed by atoms with Crippen LogP contribution in [-0.2, 0) is 0 Å². The lowest BCUT2D eigenvalue weighted by molar-refractivity contribution is 0.0923. The molecule has 4 rings (SSSR count). The Kier molecular flexibility index (Phi) is 8.71. The van der Waals surface area contributed by atoms with Crippen LogP contribution in [0.4, 0.5) is 0 Å². The number of rotatable bonds is 9. The van der Waals surface area contributed by atoms with Crippen molar-refractivity contribution < 1.29 is 4.74 Å².